The number of halogens is 3. The number of aromatic hydroxyl groups is 1. The molecule has 3 amide bonds. The highest BCUT2D eigenvalue weighted by Crippen LogP contribution is 2.55. The van der Waals surface area contributed by atoms with Gasteiger partial charge in [0, 0.05) is 99.5 Å². The molecule has 57 heavy (non-hydrogen) atoms. The molecule has 0 saturated carbocycles. The van der Waals surface area contributed by atoms with Crippen LogP contribution < -0.4 is 15.1 Å². The third-order valence-corrected chi connectivity index (χ3v) is 12.9. The molecule has 0 spiro atoms. The van der Waals surface area contributed by atoms with Crippen LogP contribution in [0, 0.1) is 11.7 Å². The molecule has 0 aromatic heterocycles. The SMILES string of the molecule is O=C1CC[C@H](N2Cc3cc(N4CCN(CC5CCN(c6ccc([C@@H]7c8ccc(O)cc8C(F)(F)C[C@@H]7c7ccc(F)cc7)cc6)CC5)CC4)ccc3C2=O)C(=O)N1. The second-order valence-corrected chi connectivity index (χ2v) is 16.4. The van der Waals surface area contributed by atoms with Crippen molar-refractivity contribution in [3.63, 3.8) is 0 Å². The number of carbonyl (C=O) groups is 3. The maximum Gasteiger partial charge on any atom is 0.274 e. The molecule has 1 aliphatic carbocycles. The minimum absolute atomic E-state index is 0.153. The van der Waals surface area contributed by atoms with E-state index in [9.17, 15) is 23.9 Å². The number of benzene rings is 4. The van der Waals surface area contributed by atoms with Gasteiger partial charge in [-0.15, -0.1) is 0 Å². The highest BCUT2D eigenvalue weighted by atomic mass is 19.3. The van der Waals surface area contributed by atoms with Crippen LogP contribution in [-0.2, 0) is 22.1 Å². The number of piperazine rings is 1. The lowest BCUT2D eigenvalue weighted by Gasteiger charge is -2.40. The van der Waals surface area contributed by atoms with Gasteiger partial charge in [0.1, 0.15) is 17.6 Å². The molecule has 5 aliphatic rings. The Hall–Kier alpha value is -5.36. The number of imide groups is 1. The molecule has 12 heteroatoms. The summed E-state index contributed by atoms with van der Waals surface area (Å²) >= 11 is 0. The van der Waals surface area contributed by atoms with E-state index in [-0.39, 0.29) is 35.5 Å². The number of alkyl halides is 2. The number of anilines is 2. The number of carbonyl (C=O) groups excluding carboxylic acids is 3. The predicted octanol–water partition coefficient (Wildman–Crippen LogP) is 6.74. The zero-order valence-corrected chi connectivity index (χ0v) is 31.7. The third kappa shape index (κ3) is 7.24. The number of hydrogen-bond acceptors (Lipinski definition) is 7. The summed E-state index contributed by atoms with van der Waals surface area (Å²) in [5.74, 6) is -4.95. The molecule has 0 radical (unpaired) electrons. The van der Waals surface area contributed by atoms with Crippen LogP contribution in [0.3, 0.4) is 0 Å². The van der Waals surface area contributed by atoms with Crippen LogP contribution in [0.1, 0.15) is 82.1 Å². The Morgan fingerprint density at radius 3 is 2.16 bits per heavy atom. The largest absolute Gasteiger partial charge is 0.508 e. The summed E-state index contributed by atoms with van der Waals surface area (Å²) in [5.41, 5.74) is 5.64. The Morgan fingerprint density at radius 1 is 0.754 bits per heavy atom. The second kappa shape index (κ2) is 14.9. The van der Waals surface area contributed by atoms with Crippen LogP contribution in [0.15, 0.2) is 84.9 Å². The minimum atomic E-state index is -3.14. The molecule has 9 rings (SSSR count). The Morgan fingerprint density at radius 2 is 1.44 bits per heavy atom. The molecular weight excluding hydrogens is 732 g/mol. The summed E-state index contributed by atoms with van der Waals surface area (Å²) in [6.45, 7) is 6.98. The lowest BCUT2D eigenvalue weighted by molar-refractivity contribution is -0.136. The van der Waals surface area contributed by atoms with E-state index in [1.165, 1.54) is 24.3 Å². The lowest BCUT2D eigenvalue weighted by atomic mass is 9.68. The van der Waals surface area contributed by atoms with E-state index in [0.29, 0.717) is 35.6 Å². The third-order valence-electron chi connectivity index (χ3n) is 12.9. The van der Waals surface area contributed by atoms with Crippen molar-refractivity contribution in [2.75, 3.05) is 55.6 Å². The fourth-order valence-corrected chi connectivity index (χ4v) is 9.86. The maximum atomic E-state index is 15.6. The zero-order chi connectivity index (χ0) is 39.4. The first kappa shape index (κ1) is 37.2. The van der Waals surface area contributed by atoms with Crippen molar-refractivity contribution >= 4 is 29.1 Å². The summed E-state index contributed by atoms with van der Waals surface area (Å²) < 4.78 is 45.0. The van der Waals surface area contributed by atoms with Crippen molar-refractivity contribution in [3.05, 3.63) is 124 Å². The van der Waals surface area contributed by atoms with E-state index in [1.807, 2.05) is 24.3 Å². The molecule has 2 N–H and O–H groups in total. The van der Waals surface area contributed by atoms with Gasteiger partial charge in [0.15, 0.2) is 0 Å². The Labute approximate surface area is 330 Å². The topological polar surface area (TPSA) is 96.4 Å². The van der Waals surface area contributed by atoms with E-state index < -0.39 is 36.0 Å². The Balaban J connectivity index is 0.797. The molecule has 3 saturated heterocycles. The van der Waals surface area contributed by atoms with E-state index >= 15 is 8.78 Å². The van der Waals surface area contributed by atoms with Gasteiger partial charge in [-0.25, -0.2) is 13.2 Å². The van der Waals surface area contributed by atoms with Gasteiger partial charge >= 0.3 is 0 Å². The molecule has 296 valence electrons. The zero-order valence-electron chi connectivity index (χ0n) is 31.7. The molecule has 4 aromatic rings. The predicted molar refractivity (Wildman–Crippen MR) is 210 cm³/mol. The van der Waals surface area contributed by atoms with Crippen LogP contribution in [0.2, 0.25) is 0 Å². The average molecular weight is 778 g/mol. The van der Waals surface area contributed by atoms with E-state index in [0.717, 1.165) is 81.2 Å². The lowest BCUT2D eigenvalue weighted by Crippen LogP contribution is -2.52. The van der Waals surface area contributed by atoms with Crippen molar-refractivity contribution in [3.8, 4) is 5.75 Å². The number of phenolic OH excluding ortho intramolecular Hbond substituents is 1. The van der Waals surface area contributed by atoms with Gasteiger partial charge in [0.05, 0.1) is 0 Å². The van der Waals surface area contributed by atoms with Crippen LogP contribution in [0.25, 0.3) is 0 Å². The number of rotatable bonds is 7. The number of fused-ring (bicyclic) bond motifs is 2. The maximum absolute atomic E-state index is 15.6. The summed E-state index contributed by atoms with van der Waals surface area (Å²) in [4.78, 5) is 46.1. The Bertz CT molecular complexity index is 2180. The summed E-state index contributed by atoms with van der Waals surface area (Å²) in [6.07, 6.45) is 2.30. The number of nitrogens with one attached hydrogen (secondary N) is 1. The number of hydrogen-bond donors (Lipinski definition) is 2. The van der Waals surface area contributed by atoms with Crippen LogP contribution in [-0.4, -0.2) is 84.5 Å². The van der Waals surface area contributed by atoms with Crippen molar-refractivity contribution in [1.29, 1.82) is 0 Å². The standard InChI is InChI=1S/C45H46F3N5O4/c46-32-5-1-29(2-6-32)38-25-45(47,48)39-24-35(54)10-12-37(39)42(38)30-3-7-33(8-4-30)51-17-15-28(16-18-51)26-50-19-21-52(22-20-50)34-9-11-36-31(23-34)27-53(44(36)57)40-13-14-41(55)49-43(40)56/h1-12,23-24,28,38,40,42,54H,13-22,25-27H2,(H,49,55,56)/t38-,40+,42-/m1/s1. The summed E-state index contributed by atoms with van der Waals surface area (Å²) in [7, 11) is 0. The van der Waals surface area contributed by atoms with Gasteiger partial charge in [-0.05, 0) is 102 Å². The van der Waals surface area contributed by atoms with E-state index in [2.05, 4.69) is 38.2 Å². The van der Waals surface area contributed by atoms with E-state index in [4.69, 9.17) is 0 Å². The fraction of sp³-hybridized carbons (Fsp3) is 0.400. The van der Waals surface area contributed by atoms with Crippen molar-refractivity contribution in [2.24, 2.45) is 5.92 Å². The van der Waals surface area contributed by atoms with E-state index in [1.54, 1.807) is 23.1 Å². The smallest absolute Gasteiger partial charge is 0.274 e. The van der Waals surface area contributed by atoms with Crippen LogP contribution in [0.4, 0.5) is 24.5 Å². The quantitative estimate of drug-likeness (QED) is 0.201. The monoisotopic (exact) mass is 777 g/mol. The van der Waals surface area contributed by atoms with Gasteiger partial charge in [-0.3, -0.25) is 24.6 Å². The number of piperidine rings is 2. The normalized spacial score (nSPS) is 24.0. The summed E-state index contributed by atoms with van der Waals surface area (Å²) in [6, 6.07) is 23.7. The molecule has 0 bridgehead atoms. The van der Waals surface area contributed by atoms with Crippen molar-refractivity contribution in [1.82, 2.24) is 15.1 Å². The van der Waals surface area contributed by atoms with Crippen LogP contribution in [0.5, 0.6) is 5.75 Å². The number of nitrogens with zero attached hydrogens (tertiary/aromatic N) is 4. The molecular formula is C45H46F3N5O4. The molecule has 0 unspecified atom stereocenters. The second-order valence-electron chi connectivity index (χ2n) is 16.4. The number of phenols is 1. The van der Waals surface area contributed by atoms with Gasteiger partial charge in [0.2, 0.25) is 11.8 Å². The van der Waals surface area contributed by atoms with Crippen molar-refractivity contribution in [2.45, 2.75) is 62.4 Å². The van der Waals surface area contributed by atoms with Gasteiger partial charge < -0.3 is 19.8 Å². The average Bonchev–Trinajstić information content (AvgIpc) is 3.53. The first-order valence-corrected chi connectivity index (χ1v) is 20.1. The Kier molecular flexibility index (Phi) is 9.71. The first-order chi connectivity index (χ1) is 27.5. The molecule has 4 aromatic carbocycles. The van der Waals surface area contributed by atoms with Gasteiger partial charge in [-0.2, -0.15) is 0 Å². The van der Waals surface area contributed by atoms with Gasteiger partial charge in [0.25, 0.3) is 11.8 Å². The molecule has 4 aliphatic heterocycles. The van der Waals surface area contributed by atoms with Crippen molar-refractivity contribution < 1.29 is 32.7 Å². The highest BCUT2D eigenvalue weighted by Gasteiger charge is 2.47. The van der Waals surface area contributed by atoms with Crippen LogP contribution >= 0.6 is 0 Å². The molecule has 9 nitrogen and oxygen atoms in total. The summed E-state index contributed by atoms with van der Waals surface area (Å²) in [5, 5.41) is 12.5. The minimum Gasteiger partial charge on any atom is -0.508 e. The molecule has 3 fully saturated rings. The van der Waals surface area contributed by atoms with Gasteiger partial charge in [-0.1, -0.05) is 30.3 Å². The highest BCUT2D eigenvalue weighted by molar-refractivity contribution is 6.05. The number of amides is 3. The fourth-order valence-electron chi connectivity index (χ4n) is 9.86. The first-order valence-electron chi connectivity index (χ1n) is 20.1. The molecule has 3 atom stereocenters. The molecule has 4 heterocycles.